The molecule has 4 aromatic rings. The molecule has 0 saturated carbocycles. The van der Waals surface area contributed by atoms with E-state index >= 15 is 0 Å². The highest BCUT2D eigenvalue weighted by Gasteiger charge is 2.06. The monoisotopic (exact) mass is 259 g/mol. The van der Waals surface area contributed by atoms with Crippen molar-refractivity contribution in [3.63, 3.8) is 0 Å². The highest BCUT2D eigenvalue weighted by atomic mass is 16.5. The van der Waals surface area contributed by atoms with Crippen LogP contribution in [0, 0.1) is 0 Å². The van der Waals surface area contributed by atoms with E-state index in [4.69, 9.17) is 0 Å². The summed E-state index contributed by atoms with van der Waals surface area (Å²) in [6, 6.07) is 22.8. The van der Waals surface area contributed by atoms with Crippen LogP contribution >= 0.6 is 0 Å². The lowest BCUT2D eigenvalue weighted by molar-refractivity contribution is 0.390. The van der Waals surface area contributed by atoms with Gasteiger partial charge in [0.25, 0.3) is 0 Å². The Balaban J connectivity index is 2.23. The van der Waals surface area contributed by atoms with Crippen molar-refractivity contribution < 1.29 is 5.21 Å². The maximum absolute atomic E-state index is 9.23. The van der Waals surface area contributed by atoms with Crippen molar-refractivity contribution in [3.05, 3.63) is 66.7 Å². The van der Waals surface area contributed by atoms with Crippen LogP contribution in [0.15, 0.2) is 66.7 Å². The molecule has 0 bridgehead atoms. The highest BCUT2D eigenvalue weighted by molar-refractivity contribution is 6.18. The minimum Gasteiger partial charge on any atom is -0.291 e. The van der Waals surface area contributed by atoms with E-state index in [1.807, 2.05) is 12.1 Å². The largest absolute Gasteiger partial charge is 0.291 e. The number of hydrogen-bond donors (Lipinski definition) is 2. The van der Waals surface area contributed by atoms with E-state index in [2.05, 4.69) is 60.1 Å². The average Bonchev–Trinajstić information content (AvgIpc) is 2.53. The zero-order valence-electron chi connectivity index (χ0n) is 10.8. The first-order chi connectivity index (χ1) is 9.88. The second-order valence-electron chi connectivity index (χ2n) is 4.96. The van der Waals surface area contributed by atoms with Gasteiger partial charge in [-0.25, -0.2) is 0 Å². The third-order valence-corrected chi connectivity index (χ3v) is 3.90. The molecule has 0 unspecified atom stereocenters. The smallest absolute Gasteiger partial charge is 0.0680 e. The molecule has 96 valence electrons. The molecule has 2 nitrogen and oxygen atoms in total. The fraction of sp³-hybridized carbons (Fsp3) is 0. The molecule has 2 heteroatoms. The molecule has 0 amide bonds. The van der Waals surface area contributed by atoms with Crippen LogP contribution < -0.4 is 5.48 Å². The van der Waals surface area contributed by atoms with E-state index in [1.54, 1.807) is 0 Å². The molecule has 0 aliphatic carbocycles. The van der Waals surface area contributed by atoms with E-state index in [0.29, 0.717) is 0 Å². The van der Waals surface area contributed by atoms with Crippen LogP contribution in [0.2, 0.25) is 0 Å². The van der Waals surface area contributed by atoms with Gasteiger partial charge in [-0.2, -0.15) is 0 Å². The first-order valence-corrected chi connectivity index (χ1v) is 6.62. The zero-order chi connectivity index (χ0) is 13.5. The van der Waals surface area contributed by atoms with Crippen molar-refractivity contribution in [1.29, 1.82) is 0 Å². The predicted molar refractivity (Wildman–Crippen MR) is 84.4 cm³/mol. The maximum atomic E-state index is 9.23. The van der Waals surface area contributed by atoms with Crippen LogP contribution in [-0.2, 0) is 0 Å². The number of rotatable bonds is 1. The van der Waals surface area contributed by atoms with Gasteiger partial charge in [0.2, 0.25) is 0 Å². The first kappa shape index (κ1) is 11.3. The Hall–Kier alpha value is -2.58. The van der Waals surface area contributed by atoms with Gasteiger partial charge >= 0.3 is 0 Å². The predicted octanol–water partition coefficient (Wildman–Crippen LogP) is 4.95. The second-order valence-corrected chi connectivity index (χ2v) is 4.96. The Kier molecular flexibility index (Phi) is 2.38. The van der Waals surface area contributed by atoms with Gasteiger partial charge in [-0.3, -0.25) is 10.7 Å². The molecule has 0 radical (unpaired) electrons. The summed E-state index contributed by atoms with van der Waals surface area (Å²) in [6.45, 7) is 0. The second kappa shape index (κ2) is 4.22. The van der Waals surface area contributed by atoms with Crippen molar-refractivity contribution in [2.75, 3.05) is 5.48 Å². The number of fused-ring (bicyclic) bond motifs is 5. The van der Waals surface area contributed by atoms with E-state index in [9.17, 15) is 5.21 Å². The summed E-state index contributed by atoms with van der Waals surface area (Å²) in [6.07, 6.45) is 0. The molecule has 0 aliphatic rings. The Morgan fingerprint density at radius 3 is 2.10 bits per heavy atom. The minimum absolute atomic E-state index is 0.734. The van der Waals surface area contributed by atoms with E-state index in [1.165, 1.54) is 21.5 Å². The molecular weight excluding hydrogens is 246 g/mol. The maximum Gasteiger partial charge on any atom is 0.0680 e. The number of nitrogens with one attached hydrogen (secondary N) is 1. The fourth-order valence-electron chi connectivity index (χ4n) is 2.95. The van der Waals surface area contributed by atoms with Crippen LogP contribution in [0.1, 0.15) is 0 Å². The topological polar surface area (TPSA) is 32.3 Å². The van der Waals surface area contributed by atoms with Crippen LogP contribution in [-0.4, -0.2) is 5.21 Å². The highest BCUT2D eigenvalue weighted by Crippen LogP contribution is 2.33. The van der Waals surface area contributed by atoms with Gasteiger partial charge < -0.3 is 0 Å². The Bertz CT molecular complexity index is 944. The average molecular weight is 259 g/mol. The lowest BCUT2D eigenvalue weighted by Gasteiger charge is -2.10. The normalized spacial score (nSPS) is 11.2. The summed E-state index contributed by atoms with van der Waals surface area (Å²) in [5.74, 6) is 0. The molecule has 0 aliphatic heterocycles. The molecule has 0 saturated heterocycles. The van der Waals surface area contributed by atoms with E-state index in [0.717, 1.165) is 16.5 Å². The quantitative estimate of drug-likeness (QED) is 0.374. The molecule has 0 aromatic heterocycles. The van der Waals surface area contributed by atoms with Crippen LogP contribution in [0.5, 0.6) is 0 Å². The number of hydrogen-bond acceptors (Lipinski definition) is 2. The Labute approximate surface area is 116 Å². The number of benzene rings is 4. The molecule has 20 heavy (non-hydrogen) atoms. The molecule has 0 heterocycles. The molecule has 4 rings (SSSR count). The summed E-state index contributed by atoms with van der Waals surface area (Å²) < 4.78 is 0. The summed E-state index contributed by atoms with van der Waals surface area (Å²) >= 11 is 0. The minimum atomic E-state index is 0.734. The molecule has 2 N–H and O–H groups in total. The third-order valence-electron chi connectivity index (χ3n) is 3.90. The van der Waals surface area contributed by atoms with Crippen molar-refractivity contribution in [2.45, 2.75) is 0 Å². The van der Waals surface area contributed by atoms with Gasteiger partial charge in [-0.1, -0.05) is 60.7 Å². The van der Waals surface area contributed by atoms with Crippen molar-refractivity contribution in [1.82, 2.24) is 0 Å². The van der Waals surface area contributed by atoms with Crippen LogP contribution in [0.4, 0.5) is 5.69 Å². The lowest BCUT2D eigenvalue weighted by Crippen LogP contribution is -1.90. The van der Waals surface area contributed by atoms with Gasteiger partial charge in [-0.15, -0.1) is 0 Å². The molecule has 0 atom stereocenters. The first-order valence-electron chi connectivity index (χ1n) is 6.62. The van der Waals surface area contributed by atoms with E-state index in [-0.39, 0.29) is 0 Å². The van der Waals surface area contributed by atoms with E-state index < -0.39 is 0 Å². The van der Waals surface area contributed by atoms with Crippen LogP contribution in [0.3, 0.4) is 0 Å². The zero-order valence-corrected chi connectivity index (χ0v) is 10.8. The molecule has 0 fully saturated rings. The van der Waals surface area contributed by atoms with Gasteiger partial charge in [0, 0.05) is 5.39 Å². The van der Waals surface area contributed by atoms with Crippen molar-refractivity contribution >= 4 is 38.0 Å². The fourth-order valence-corrected chi connectivity index (χ4v) is 2.95. The summed E-state index contributed by atoms with van der Waals surface area (Å²) in [5, 5.41) is 16.4. The summed E-state index contributed by atoms with van der Waals surface area (Å²) in [7, 11) is 0. The van der Waals surface area contributed by atoms with Crippen molar-refractivity contribution in [2.24, 2.45) is 0 Å². The SMILES string of the molecule is ONc1cccc2c1ccc1c3ccccc3ccc21. The van der Waals surface area contributed by atoms with Gasteiger partial charge in [0.1, 0.15) is 0 Å². The lowest BCUT2D eigenvalue weighted by atomic mass is 9.96. The van der Waals surface area contributed by atoms with Crippen LogP contribution in [0.25, 0.3) is 32.3 Å². The Morgan fingerprint density at radius 1 is 0.550 bits per heavy atom. The summed E-state index contributed by atoms with van der Waals surface area (Å²) in [4.78, 5) is 0. The third kappa shape index (κ3) is 1.49. The van der Waals surface area contributed by atoms with Gasteiger partial charge in [0.15, 0.2) is 0 Å². The van der Waals surface area contributed by atoms with Gasteiger partial charge in [0.05, 0.1) is 5.69 Å². The molecular formula is C18H13NO. The Morgan fingerprint density at radius 2 is 1.20 bits per heavy atom. The van der Waals surface area contributed by atoms with Gasteiger partial charge in [-0.05, 0) is 33.0 Å². The standard InChI is InChI=1S/C18H13NO/c20-19-18-7-3-6-14-16-9-8-12-4-1-2-5-13(12)15(16)10-11-17(14)18/h1-11,19-20H. The van der Waals surface area contributed by atoms with Crippen molar-refractivity contribution in [3.8, 4) is 0 Å². The number of anilines is 1. The summed E-state index contributed by atoms with van der Waals surface area (Å²) in [5.41, 5.74) is 3.01. The molecule has 0 spiro atoms. The molecule has 4 aromatic carbocycles.